The Balaban J connectivity index is 3.28. The van der Waals surface area contributed by atoms with Crippen LogP contribution in [0.3, 0.4) is 0 Å². The normalized spacial score (nSPS) is 12.2. The van der Waals surface area contributed by atoms with Crippen LogP contribution < -0.4 is 0 Å². The molecule has 1 rings (SSSR count). The fourth-order valence-electron chi connectivity index (χ4n) is 0.933. The fraction of sp³-hybridized carbons (Fsp3) is 0.222. The van der Waals surface area contributed by atoms with Crippen LogP contribution in [0.1, 0.15) is 18.5 Å². The molecule has 0 N–H and O–H groups in total. The number of hydrogen-bond acceptors (Lipinski definition) is 0. The van der Waals surface area contributed by atoms with Crippen molar-refractivity contribution in [3.63, 3.8) is 0 Å². The van der Waals surface area contributed by atoms with E-state index >= 15 is 0 Å². The lowest BCUT2D eigenvalue weighted by Crippen LogP contribution is -1.89. The first-order valence-electron chi connectivity index (χ1n) is 3.58. The predicted octanol–water partition coefficient (Wildman–Crippen LogP) is 4.63. The molecule has 0 amide bonds. The van der Waals surface area contributed by atoms with Gasteiger partial charge in [0.05, 0.1) is 20.6 Å². The summed E-state index contributed by atoms with van der Waals surface area (Å²) in [5, 5.41) is 1.10. The predicted molar refractivity (Wildman–Crippen MR) is 56.5 cm³/mol. The maximum absolute atomic E-state index is 6.86. The van der Waals surface area contributed by atoms with E-state index in [4.69, 9.17) is 41.4 Å². The Morgan fingerprint density at radius 1 is 1.23 bits per heavy atom. The van der Waals surface area contributed by atoms with Crippen molar-refractivity contribution in [1.82, 2.24) is 0 Å². The molecule has 0 aliphatic rings. The molecule has 1 aromatic rings. The van der Waals surface area contributed by atoms with Gasteiger partial charge in [0.1, 0.15) is 0 Å². The summed E-state index contributed by atoms with van der Waals surface area (Å²) in [6, 6.07) is 3.08. The Morgan fingerprint density at radius 2 is 1.85 bits per heavy atom. The summed E-state index contributed by atoms with van der Waals surface area (Å²) >= 11 is 17.5. The molecule has 0 spiro atoms. The summed E-state index contributed by atoms with van der Waals surface area (Å²) in [6.07, 6.45) is 0. The average Bonchev–Trinajstić information content (AvgIpc) is 2.13. The van der Waals surface area contributed by atoms with Gasteiger partial charge in [-0.15, -0.1) is 0 Å². The van der Waals surface area contributed by atoms with Gasteiger partial charge in [0.2, 0.25) is 6.04 Å². The van der Waals surface area contributed by atoms with Gasteiger partial charge in [-0.05, 0) is 12.1 Å². The first-order chi connectivity index (χ1) is 6.07. The van der Waals surface area contributed by atoms with Gasteiger partial charge in [-0.25, -0.2) is 6.57 Å². The molecule has 0 aliphatic heterocycles. The van der Waals surface area contributed by atoms with E-state index in [-0.39, 0.29) is 6.04 Å². The lowest BCUT2D eigenvalue weighted by atomic mass is 10.1. The lowest BCUT2D eigenvalue weighted by Gasteiger charge is -2.05. The highest BCUT2D eigenvalue weighted by atomic mass is 35.5. The second kappa shape index (κ2) is 4.19. The van der Waals surface area contributed by atoms with E-state index in [9.17, 15) is 0 Å². The van der Waals surface area contributed by atoms with Crippen LogP contribution in [0.15, 0.2) is 12.1 Å². The third kappa shape index (κ3) is 2.08. The Bertz CT molecular complexity index is 368. The topological polar surface area (TPSA) is 4.36 Å². The molecule has 1 aromatic carbocycles. The van der Waals surface area contributed by atoms with Crippen LogP contribution in [0.5, 0.6) is 0 Å². The minimum Gasteiger partial charge on any atom is -0.309 e. The molecule has 13 heavy (non-hydrogen) atoms. The van der Waals surface area contributed by atoms with Crippen molar-refractivity contribution < 1.29 is 0 Å². The van der Waals surface area contributed by atoms with Crippen molar-refractivity contribution in [2.75, 3.05) is 0 Å². The van der Waals surface area contributed by atoms with E-state index in [0.29, 0.717) is 20.6 Å². The van der Waals surface area contributed by atoms with Crippen LogP contribution >= 0.6 is 34.8 Å². The maximum atomic E-state index is 6.86. The van der Waals surface area contributed by atoms with E-state index in [1.807, 2.05) is 0 Å². The van der Waals surface area contributed by atoms with Gasteiger partial charge in [0.25, 0.3) is 0 Å². The highest BCUT2D eigenvalue weighted by Crippen LogP contribution is 2.36. The van der Waals surface area contributed by atoms with Crippen molar-refractivity contribution in [3.8, 4) is 0 Å². The molecule has 0 radical (unpaired) electrons. The molecule has 1 nitrogen and oxygen atoms in total. The first-order valence-corrected chi connectivity index (χ1v) is 4.71. The van der Waals surface area contributed by atoms with Gasteiger partial charge >= 0.3 is 0 Å². The van der Waals surface area contributed by atoms with Gasteiger partial charge in [-0.2, -0.15) is 0 Å². The summed E-state index contributed by atoms with van der Waals surface area (Å²) in [6.45, 7) is 8.62. The van der Waals surface area contributed by atoms with Gasteiger partial charge in [-0.3, -0.25) is 0 Å². The summed E-state index contributed by atoms with van der Waals surface area (Å²) in [5.41, 5.74) is 0.714. The molecule has 1 unspecified atom stereocenters. The Hall–Kier alpha value is -0.420. The number of hydrogen-bond donors (Lipinski definition) is 0. The minimum atomic E-state index is -0.290. The van der Waals surface area contributed by atoms with Crippen molar-refractivity contribution >= 4 is 34.8 Å². The van der Waals surface area contributed by atoms with Crippen LogP contribution in [-0.4, -0.2) is 0 Å². The quantitative estimate of drug-likeness (QED) is 0.493. The summed E-state index contributed by atoms with van der Waals surface area (Å²) < 4.78 is 0. The number of halogens is 3. The summed E-state index contributed by atoms with van der Waals surface area (Å²) in [5.74, 6) is 0. The standard InChI is InChI=1S/C9H6Cl3N/c1-5(13-2)6-3-4-7(10)9(12)8(6)11/h3-5H,1H3. The molecule has 0 bridgehead atoms. The smallest absolute Gasteiger partial charge is 0.247 e. The number of benzene rings is 1. The highest BCUT2D eigenvalue weighted by molar-refractivity contribution is 6.48. The molecular formula is C9H6Cl3N. The molecule has 0 aromatic heterocycles. The molecule has 0 fully saturated rings. The second-order valence-corrected chi connectivity index (χ2v) is 3.73. The third-order valence-corrected chi connectivity index (χ3v) is 3.02. The largest absolute Gasteiger partial charge is 0.309 e. The first kappa shape index (κ1) is 10.7. The molecule has 0 heterocycles. The molecule has 4 heteroatoms. The van der Waals surface area contributed by atoms with E-state index in [1.165, 1.54) is 0 Å². The van der Waals surface area contributed by atoms with Crippen molar-refractivity contribution in [3.05, 3.63) is 44.2 Å². The van der Waals surface area contributed by atoms with Gasteiger partial charge in [-0.1, -0.05) is 34.8 Å². The highest BCUT2D eigenvalue weighted by Gasteiger charge is 2.16. The molecular weight excluding hydrogens is 228 g/mol. The SMILES string of the molecule is [C-]#[N+]C(C)c1ccc(Cl)c(Cl)c1Cl. The monoisotopic (exact) mass is 233 g/mol. The third-order valence-electron chi connectivity index (χ3n) is 1.71. The van der Waals surface area contributed by atoms with Crippen molar-refractivity contribution in [2.24, 2.45) is 0 Å². The van der Waals surface area contributed by atoms with Crippen LogP contribution in [0.25, 0.3) is 4.85 Å². The van der Waals surface area contributed by atoms with E-state index < -0.39 is 0 Å². The Labute approximate surface area is 92.0 Å². The van der Waals surface area contributed by atoms with Gasteiger partial charge in [0.15, 0.2) is 0 Å². The molecule has 68 valence electrons. The zero-order valence-corrected chi connectivity index (χ0v) is 9.08. The molecule has 1 atom stereocenters. The molecule has 0 aliphatic carbocycles. The average molecular weight is 235 g/mol. The maximum Gasteiger partial charge on any atom is 0.247 e. The second-order valence-electron chi connectivity index (χ2n) is 2.57. The van der Waals surface area contributed by atoms with Gasteiger partial charge in [0, 0.05) is 6.92 Å². The van der Waals surface area contributed by atoms with Gasteiger partial charge < -0.3 is 4.85 Å². The van der Waals surface area contributed by atoms with Crippen LogP contribution in [0, 0.1) is 6.57 Å². The minimum absolute atomic E-state index is 0.290. The number of rotatable bonds is 1. The Morgan fingerprint density at radius 3 is 2.38 bits per heavy atom. The summed E-state index contributed by atoms with van der Waals surface area (Å²) in [7, 11) is 0. The van der Waals surface area contributed by atoms with Crippen LogP contribution in [0.4, 0.5) is 0 Å². The molecule has 0 saturated carbocycles. The van der Waals surface area contributed by atoms with E-state index in [1.54, 1.807) is 19.1 Å². The van der Waals surface area contributed by atoms with E-state index in [2.05, 4.69) is 4.85 Å². The van der Waals surface area contributed by atoms with Crippen LogP contribution in [0.2, 0.25) is 15.1 Å². The van der Waals surface area contributed by atoms with E-state index in [0.717, 1.165) is 0 Å². The molecule has 0 saturated heterocycles. The zero-order chi connectivity index (χ0) is 10.0. The van der Waals surface area contributed by atoms with Crippen LogP contribution in [-0.2, 0) is 0 Å². The summed E-state index contributed by atoms with van der Waals surface area (Å²) in [4.78, 5) is 3.35. The van der Waals surface area contributed by atoms with Crippen molar-refractivity contribution in [1.29, 1.82) is 0 Å². The Kier molecular flexibility index (Phi) is 3.44. The lowest BCUT2D eigenvalue weighted by molar-refractivity contribution is 0.962. The zero-order valence-electron chi connectivity index (χ0n) is 6.81. The van der Waals surface area contributed by atoms with Crippen molar-refractivity contribution in [2.45, 2.75) is 13.0 Å². The number of nitrogens with zero attached hydrogens (tertiary/aromatic N) is 1. The fourth-order valence-corrected chi connectivity index (χ4v) is 1.63.